The minimum atomic E-state index is 0.582. The minimum absolute atomic E-state index is 0.582. The second-order valence-corrected chi connectivity index (χ2v) is 4.79. The highest BCUT2D eigenvalue weighted by atomic mass is 32.2. The van der Waals surface area contributed by atoms with E-state index in [-0.39, 0.29) is 0 Å². The van der Waals surface area contributed by atoms with Crippen molar-refractivity contribution in [2.75, 3.05) is 6.26 Å². The first kappa shape index (κ1) is 12.6. The summed E-state index contributed by atoms with van der Waals surface area (Å²) in [6, 6.07) is 7.75. The molecular formula is C12H10N4S2. The first-order valence-corrected chi connectivity index (χ1v) is 7.26. The van der Waals surface area contributed by atoms with Gasteiger partial charge >= 0.3 is 0 Å². The molecule has 1 aromatic carbocycles. The molecule has 0 atom stereocenters. The van der Waals surface area contributed by atoms with Crippen molar-refractivity contribution in [2.24, 2.45) is 4.99 Å². The topological polar surface area (TPSA) is 61.1 Å². The fourth-order valence-electron chi connectivity index (χ4n) is 1.35. The third kappa shape index (κ3) is 3.09. The van der Waals surface area contributed by atoms with Crippen molar-refractivity contribution in [1.29, 1.82) is 5.26 Å². The average molecular weight is 274 g/mol. The van der Waals surface area contributed by atoms with Crippen LogP contribution in [0, 0.1) is 11.5 Å². The first-order chi connectivity index (χ1) is 8.83. The number of thiazole rings is 1. The number of aromatic nitrogens is 1. The zero-order valence-corrected chi connectivity index (χ0v) is 11.3. The molecule has 0 bridgehead atoms. The molecule has 2 aromatic rings. The summed E-state index contributed by atoms with van der Waals surface area (Å²) >= 11 is 2.97. The number of nitriles is 1. The molecule has 1 heterocycles. The van der Waals surface area contributed by atoms with Gasteiger partial charge in [-0.2, -0.15) is 5.26 Å². The number of aliphatic imine (C=N–C) groups is 1. The van der Waals surface area contributed by atoms with Crippen LogP contribution in [0.2, 0.25) is 0 Å². The second-order valence-electron chi connectivity index (χ2n) is 3.28. The zero-order valence-electron chi connectivity index (χ0n) is 9.62. The number of nitrogens with one attached hydrogen (secondary N) is 1. The first-order valence-electron chi connectivity index (χ1n) is 5.10. The van der Waals surface area contributed by atoms with Gasteiger partial charge in [0, 0.05) is 10.9 Å². The molecule has 18 heavy (non-hydrogen) atoms. The van der Waals surface area contributed by atoms with Gasteiger partial charge in [-0.3, -0.25) is 5.32 Å². The van der Waals surface area contributed by atoms with Crippen LogP contribution in [-0.4, -0.2) is 16.4 Å². The Hall–Kier alpha value is -1.84. The third-order valence-electron chi connectivity index (χ3n) is 2.18. The van der Waals surface area contributed by atoms with Crippen LogP contribution in [-0.2, 0) is 0 Å². The summed E-state index contributed by atoms with van der Waals surface area (Å²) in [5.74, 6) is 0. The molecule has 2 rings (SSSR count). The Morgan fingerprint density at radius 3 is 2.78 bits per heavy atom. The molecule has 0 aliphatic carbocycles. The van der Waals surface area contributed by atoms with Gasteiger partial charge in [0.05, 0.1) is 16.9 Å². The van der Waals surface area contributed by atoms with Gasteiger partial charge in [-0.15, -0.1) is 11.3 Å². The molecule has 1 N–H and O–H groups in total. The molecule has 90 valence electrons. The lowest BCUT2D eigenvalue weighted by Gasteiger charge is -2.01. The van der Waals surface area contributed by atoms with Crippen LogP contribution in [0.15, 0.2) is 40.1 Å². The van der Waals surface area contributed by atoms with E-state index in [1.165, 1.54) is 11.8 Å². The summed E-state index contributed by atoms with van der Waals surface area (Å²) < 4.78 is 0. The maximum absolute atomic E-state index is 8.55. The second kappa shape index (κ2) is 6.19. The fraction of sp³-hybridized carbons (Fsp3) is 0.0833. The van der Waals surface area contributed by atoms with Crippen LogP contribution in [0.1, 0.15) is 0 Å². The van der Waals surface area contributed by atoms with Gasteiger partial charge < -0.3 is 0 Å². The third-order valence-corrected chi connectivity index (χ3v) is 3.35. The van der Waals surface area contributed by atoms with Gasteiger partial charge in [0.25, 0.3) is 0 Å². The smallest absolute Gasteiger partial charge is 0.183 e. The highest BCUT2D eigenvalue weighted by molar-refractivity contribution is 8.13. The van der Waals surface area contributed by atoms with E-state index in [2.05, 4.69) is 15.3 Å². The van der Waals surface area contributed by atoms with Crippen molar-refractivity contribution in [2.45, 2.75) is 0 Å². The Morgan fingerprint density at radius 2 is 2.22 bits per heavy atom. The lowest BCUT2D eigenvalue weighted by atomic mass is 10.1. The fourth-order valence-corrected chi connectivity index (χ4v) is 2.26. The van der Waals surface area contributed by atoms with Crippen molar-refractivity contribution in [3.8, 4) is 17.5 Å². The number of hydrogen-bond acceptors (Lipinski definition) is 5. The molecule has 0 saturated carbocycles. The van der Waals surface area contributed by atoms with Crippen LogP contribution < -0.4 is 5.32 Å². The Bertz CT molecular complexity index is 567. The predicted octanol–water partition coefficient (Wildman–Crippen LogP) is 3.23. The molecule has 1 aromatic heterocycles. The van der Waals surface area contributed by atoms with Crippen LogP contribution in [0.25, 0.3) is 11.3 Å². The van der Waals surface area contributed by atoms with Crippen LogP contribution in [0.5, 0.6) is 0 Å². The summed E-state index contributed by atoms with van der Waals surface area (Å²) in [5, 5.41) is 13.7. The number of hydrogen-bond donors (Lipinski definition) is 1. The largest absolute Gasteiger partial charge is 0.271 e. The summed E-state index contributed by atoms with van der Waals surface area (Å²) in [7, 11) is 0. The number of nitrogens with zero attached hydrogens (tertiary/aromatic N) is 3. The Morgan fingerprint density at radius 1 is 1.44 bits per heavy atom. The average Bonchev–Trinajstić information content (AvgIpc) is 2.93. The molecule has 0 aliphatic heterocycles. The molecule has 0 amide bonds. The van der Waals surface area contributed by atoms with E-state index < -0.39 is 0 Å². The summed E-state index contributed by atoms with van der Waals surface area (Å²) in [4.78, 5) is 8.56. The maximum atomic E-state index is 8.55. The predicted molar refractivity (Wildman–Crippen MR) is 76.9 cm³/mol. The van der Waals surface area contributed by atoms with Gasteiger partial charge in [0.15, 0.2) is 11.4 Å². The van der Waals surface area contributed by atoms with Crippen molar-refractivity contribution < 1.29 is 0 Å². The van der Waals surface area contributed by atoms with Gasteiger partial charge in [0.2, 0.25) is 0 Å². The molecular weight excluding hydrogens is 264 g/mol. The van der Waals surface area contributed by atoms with Crippen molar-refractivity contribution in [1.82, 2.24) is 10.3 Å². The summed E-state index contributed by atoms with van der Waals surface area (Å²) in [5.41, 5.74) is 4.65. The van der Waals surface area contributed by atoms with E-state index in [0.717, 1.165) is 16.9 Å². The van der Waals surface area contributed by atoms with E-state index in [1.807, 2.05) is 47.6 Å². The Balaban J connectivity index is 2.20. The molecule has 4 nitrogen and oxygen atoms in total. The quantitative estimate of drug-likeness (QED) is 0.395. The Kier molecular flexibility index (Phi) is 4.34. The monoisotopic (exact) mass is 274 g/mol. The van der Waals surface area contributed by atoms with Gasteiger partial charge in [-0.25, -0.2) is 9.98 Å². The zero-order chi connectivity index (χ0) is 12.8. The van der Waals surface area contributed by atoms with E-state index in [9.17, 15) is 0 Å². The van der Waals surface area contributed by atoms with Crippen LogP contribution >= 0.6 is 23.1 Å². The number of thioether (sulfide) groups is 1. The van der Waals surface area contributed by atoms with Crippen molar-refractivity contribution in [3.05, 3.63) is 35.2 Å². The van der Waals surface area contributed by atoms with E-state index in [1.54, 1.807) is 11.3 Å². The molecule has 0 saturated heterocycles. The molecule has 0 unspecified atom stereocenters. The lowest BCUT2D eigenvalue weighted by Crippen LogP contribution is -2.12. The summed E-state index contributed by atoms with van der Waals surface area (Å²) in [6.07, 6.45) is 3.73. The standard InChI is InChI=1S/C12H10N4S2/c1-17-12(14-7-13)16-10-4-2-9(3-5-10)11-6-18-8-15-11/h2-6,8H,1H3,(H,14,16). The molecule has 0 radical (unpaired) electrons. The normalized spacial score (nSPS) is 11.0. The van der Waals surface area contributed by atoms with Crippen LogP contribution in [0.3, 0.4) is 0 Å². The molecule has 0 spiro atoms. The number of benzene rings is 1. The minimum Gasteiger partial charge on any atom is -0.271 e. The van der Waals surface area contributed by atoms with E-state index >= 15 is 0 Å². The van der Waals surface area contributed by atoms with Crippen molar-refractivity contribution in [3.63, 3.8) is 0 Å². The van der Waals surface area contributed by atoms with Crippen LogP contribution in [0.4, 0.5) is 5.69 Å². The van der Waals surface area contributed by atoms with Gasteiger partial charge in [0.1, 0.15) is 0 Å². The SMILES string of the molecule is CSC(=Nc1ccc(-c2cscn2)cc1)NC#N. The van der Waals surface area contributed by atoms with Gasteiger partial charge in [-0.05, 0) is 18.4 Å². The number of amidine groups is 1. The lowest BCUT2D eigenvalue weighted by molar-refractivity contribution is 1.28. The molecule has 0 fully saturated rings. The summed E-state index contributed by atoms with van der Waals surface area (Å²) in [6.45, 7) is 0. The van der Waals surface area contributed by atoms with Gasteiger partial charge in [-0.1, -0.05) is 23.9 Å². The van der Waals surface area contributed by atoms with Crippen molar-refractivity contribution >= 4 is 34.0 Å². The number of rotatable bonds is 2. The Labute approximate surface area is 113 Å². The highest BCUT2D eigenvalue weighted by Crippen LogP contribution is 2.22. The van der Waals surface area contributed by atoms with E-state index in [0.29, 0.717) is 5.17 Å². The van der Waals surface area contributed by atoms with E-state index in [4.69, 9.17) is 5.26 Å². The maximum Gasteiger partial charge on any atom is 0.183 e. The molecule has 6 heteroatoms. The molecule has 0 aliphatic rings. The highest BCUT2D eigenvalue weighted by Gasteiger charge is 2.00.